The Bertz CT molecular complexity index is 727. The molecule has 0 aliphatic carbocycles. The number of benzene rings is 1. The van der Waals surface area contributed by atoms with Crippen molar-refractivity contribution in [3.63, 3.8) is 0 Å². The Labute approximate surface area is 129 Å². The summed E-state index contributed by atoms with van der Waals surface area (Å²) >= 11 is 2.22. The molecule has 0 aliphatic rings. The standard InChI is InChI=1S/C14H11IN4O/c15-10-3-4-12(16)11(7-10)14-18-13(19-20-14)6-9-2-1-5-17-8-9/h1-5,7-8H,6,16H2. The van der Waals surface area contributed by atoms with E-state index >= 15 is 0 Å². The molecule has 0 atom stereocenters. The molecule has 0 radical (unpaired) electrons. The van der Waals surface area contributed by atoms with E-state index in [9.17, 15) is 0 Å². The van der Waals surface area contributed by atoms with Gasteiger partial charge in [0.2, 0.25) is 0 Å². The van der Waals surface area contributed by atoms with Gasteiger partial charge in [0.1, 0.15) is 0 Å². The fourth-order valence-electron chi connectivity index (χ4n) is 1.83. The molecule has 0 aliphatic heterocycles. The van der Waals surface area contributed by atoms with E-state index in [0.29, 0.717) is 23.8 Å². The highest BCUT2D eigenvalue weighted by Crippen LogP contribution is 2.26. The van der Waals surface area contributed by atoms with E-state index in [0.717, 1.165) is 14.7 Å². The molecule has 2 N–H and O–H groups in total. The Morgan fingerprint density at radius 1 is 1.25 bits per heavy atom. The molecule has 0 fully saturated rings. The van der Waals surface area contributed by atoms with Gasteiger partial charge in [-0.3, -0.25) is 4.98 Å². The number of hydrogen-bond donors (Lipinski definition) is 1. The zero-order valence-electron chi connectivity index (χ0n) is 10.5. The van der Waals surface area contributed by atoms with E-state index in [-0.39, 0.29) is 0 Å². The van der Waals surface area contributed by atoms with Crippen LogP contribution in [0.3, 0.4) is 0 Å². The summed E-state index contributed by atoms with van der Waals surface area (Å²) < 4.78 is 6.36. The van der Waals surface area contributed by atoms with E-state index in [1.807, 2.05) is 30.3 Å². The highest BCUT2D eigenvalue weighted by Gasteiger charge is 2.12. The molecule has 6 heteroatoms. The number of nitrogens with zero attached hydrogens (tertiary/aromatic N) is 3. The van der Waals surface area contributed by atoms with E-state index in [1.165, 1.54) is 0 Å². The molecule has 3 aromatic rings. The highest BCUT2D eigenvalue weighted by molar-refractivity contribution is 14.1. The van der Waals surface area contributed by atoms with Gasteiger partial charge in [0.25, 0.3) is 5.89 Å². The Kier molecular flexibility index (Phi) is 3.64. The first-order chi connectivity index (χ1) is 9.72. The van der Waals surface area contributed by atoms with E-state index in [1.54, 1.807) is 12.4 Å². The lowest BCUT2D eigenvalue weighted by molar-refractivity contribution is 0.424. The number of rotatable bonds is 3. The van der Waals surface area contributed by atoms with Gasteiger partial charge in [-0.25, -0.2) is 0 Å². The van der Waals surface area contributed by atoms with Crippen LogP contribution < -0.4 is 5.73 Å². The summed E-state index contributed by atoms with van der Waals surface area (Å²) in [4.78, 5) is 8.45. The molecule has 5 nitrogen and oxygen atoms in total. The van der Waals surface area contributed by atoms with Gasteiger partial charge in [-0.1, -0.05) is 11.2 Å². The van der Waals surface area contributed by atoms with Crippen molar-refractivity contribution in [2.45, 2.75) is 6.42 Å². The lowest BCUT2D eigenvalue weighted by Crippen LogP contribution is -1.93. The fraction of sp³-hybridized carbons (Fsp3) is 0.0714. The third-order valence-corrected chi connectivity index (χ3v) is 3.47. The molecule has 2 heterocycles. The fourth-order valence-corrected chi connectivity index (χ4v) is 2.33. The van der Waals surface area contributed by atoms with Crippen LogP contribution in [-0.4, -0.2) is 15.1 Å². The first-order valence-corrected chi connectivity index (χ1v) is 7.07. The second-order valence-corrected chi connectivity index (χ2v) is 5.53. The van der Waals surface area contributed by atoms with Crippen LogP contribution in [0.1, 0.15) is 11.4 Å². The van der Waals surface area contributed by atoms with Crippen molar-refractivity contribution in [1.82, 2.24) is 15.1 Å². The zero-order chi connectivity index (χ0) is 13.9. The molecule has 0 amide bonds. The van der Waals surface area contributed by atoms with Crippen molar-refractivity contribution >= 4 is 28.3 Å². The summed E-state index contributed by atoms with van der Waals surface area (Å²) in [7, 11) is 0. The van der Waals surface area contributed by atoms with Gasteiger partial charge in [-0.15, -0.1) is 0 Å². The SMILES string of the molecule is Nc1ccc(I)cc1-c1nc(Cc2cccnc2)no1. The van der Waals surface area contributed by atoms with Crippen molar-refractivity contribution in [3.05, 3.63) is 57.7 Å². The predicted octanol–water partition coefficient (Wildman–Crippen LogP) is 2.91. The number of nitrogen functional groups attached to an aromatic ring is 1. The molecular weight excluding hydrogens is 367 g/mol. The van der Waals surface area contributed by atoms with Crippen LogP contribution >= 0.6 is 22.6 Å². The summed E-state index contributed by atoms with van der Waals surface area (Å²) in [5, 5.41) is 3.99. The first-order valence-electron chi connectivity index (χ1n) is 5.99. The van der Waals surface area contributed by atoms with Gasteiger partial charge in [-0.05, 0) is 52.4 Å². The smallest absolute Gasteiger partial charge is 0.260 e. The van der Waals surface area contributed by atoms with Crippen molar-refractivity contribution in [3.8, 4) is 11.5 Å². The van der Waals surface area contributed by atoms with E-state index in [4.69, 9.17) is 10.3 Å². The molecular formula is C14H11IN4O. The minimum atomic E-state index is 0.444. The molecule has 1 aromatic carbocycles. The molecule has 0 spiro atoms. The zero-order valence-corrected chi connectivity index (χ0v) is 12.6. The van der Waals surface area contributed by atoms with E-state index < -0.39 is 0 Å². The topological polar surface area (TPSA) is 77.8 Å². The van der Waals surface area contributed by atoms with Gasteiger partial charge in [0.15, 0.2) is 5.82 Å². The van der Waals surface area contributed by atoms with Crippen LogP contribution in [0.15, 0.2) is 47.2 Å². The Hall–Kier alpha value is -1.96. The Balaban J connectivity index is 1.88. The molecule has 3 rings (SSSR count). The van der Waals surface area contributed by atoms with Crippen molar-refractivity contribution in [1.29, 1.82) is 0 Å². The number of aromatic nitrogens is 3. The maximum absolute atomic E-state index is 5.94. The van der Waals surface area contributed by atoms with Crippen molar-refractivity contribution in [2.24, 2.45) is 0 Å². The van der Waals surface area contributed by atoms with Crippen LogP contribution in [-0.2, 0) is 6.42 Å². The van der Waals surface area contributed by atoms with Gasteiger partial charge >= 0.3 is 0 Å². The largest absolute Gasteiger partial charge is 0.398 e. The van der Waals surface area contributed by atoms with Crippen molar-refractivity contribution in [2.75, 3.05) is 5.73 Å². The summed E-state index contributed by atoms with van der Waals surface area (Å²) in [6.45, 7) is 0. The molecule has 2 aromatic heterocycles. The van der Waals surface area contributed by atoms with Crippen LogP contribution in [0.25, 0.3) is 11.5 Å². The molecule has 0 bridgehead atoms. The van der Waals surface area contributed by atoms with Gasteiger partial charge in [0, 0.05) is 28.1 Å². The number of halogens is 1. The summed E-state index contributed by atoms with van der Waals surface area (Å²) in [5.41, 5.74) is 8.37. The number of nitrogens with two attached hydrogens (primary N) is 1. The minimum absolute atomic E-state index is 0.444. The number of anilines is 1. The third kappa shape index (κ3) is 2.79. The van der Waals surface area contributed by atoms with Crippen LogP contribution in [0, 0.1) is 3.57 Å². The van der Waals surface area contributed by atoms with Crippen LogP contribution in [0.4, 0.5) is 5.69 Å². The normalized spacial score (nSPS) is 10.7. The molecule has 100 valence electrons. The van der Waals surface area contributed by atoms with Crippen molar-refractivity contribution < 1.29 is 4.52 Å². The van der Waals surface area contributed by atoms with Crippen LogP contribution in [0.5, 0.6) is 0 Å². The Morgan fingerprint density at radius 3 is 2.95 bits per heavy atom. The van der Waals surface area contributed by atoms with E-state index in [2.05, 4.69) is 37.7 Å². The Morgan fingerprint density at radius 2 is 2.15 bits per heavy atom. The second-order valence-electron chi connectivity index (χ2n) is 4.29. The van der Waals surface area contributed by atoms with Gasteiger partial charge in [-0.2, -0.15) is 4.98 Å². The number of hydrogen-bond acceptors (Lipinski definition) is 5. The van der Waals surface area contributed by atoms with Gasteiger partial charge < -0.3 is 10.3 Å². The molecule has 0 unspecified atom stereocenters. The summed E-state index contributed by atoms with van der Waals surface area (Å²) in [5.74, 6) is 1.06. The average Bonchev–Trinajstić information content (AvgIpc) is 2.91. The molecule has 20 heavy (non-hydrogen) atoms. The summed E-state index contributed by atoms with van der Waals surface area (Å²) in [6.07, 6.45) is 4.11. The monoisotopic (exact) mass is 378 g/mol. The minimum Gasteiger partial charge on any atom is -0.398 e. The third-order valence-electron chi connectivity index (χ3n) is 2.80. The van der Waals surface area contributed by atoms with Crippen LogP contribution in [0.2, 0.25) is 0 Å². The highest BCUT2D eigenvalue weighted by atomic mass is 127. The average molecular weight is 378 g/mol. The van der Waals surface area contributed by atoms with Gasteiger partial charge in [0.05, 0.1) is 5.56 Å². The number of pyridine rings is 1. The summed E-state index contributed by atoms with van der Waals surface area (Å²) in [6, 6.07) is 9.56. The lowest BCUT2D eigenvalue weighted by atomic mass is 10.2. The second kappa shape index (κ2) is 5.58. The lowest BCUT2D eigenvalue weighted by Gasteiger charge is -2.00. The first kappa shape index (κ1) is 13.0. The molecule has 0 saturated carbocycles. The maximum atomic E-state index is 5.94. The quantitative estimate of drug-likeness (QED) is 0.560. The maximum Gasteiger partial charge on any atom is 0.260 e. The predicted molar refractivity (Wildman–Crippen MR) is 83.9 cm³/mol. The molecule has 0 saturated heterocycles.